The van der Waals surface area contributed by atoms with E-state index in [1.165, 1.54) is 12.1 Å². The van der Waals surface area contributed by atoms with Gasteiger partial charge in [0.05, 0.1) is 11.5 Å². The van der Waals surface area contributed by atoms with E-state index >= 15 is 0 Å². The van der Waals surface area contributed by atoms with Gasteiger partial charge in [-0.1, -0.05) is 42.5 Å². The maximum Gasteiger partial charge on any atom is 1.00 e. The topological polar surface area (TPSA) is 62.2 Å². The molecular formula is C23H15FNNaO3. The van der Waals surface area contributed by atoms with Gasteiger partial charge in [-0.3, -0.25) is 0 Å². The number of aromatic nitrogens is 1. The number of carboxylic acid groups (broad SMARTS) is 1. The van der Waals surface area contributed by atoms with E-state index in [2.05, 4.69) is 4.98 Å². The largest absolute Gasteiger partial charge is 1.00 e. The van der Waals surface area contributed by atoms with Crippen LogP contribution in [-0.2, 0) is 0 Å². The Hall–Kier alpha value is -2.73. The van der Waals surface area contributed by atoms with E-state index in [1.54, 1.807) is 13.0 Å². The van der Waals surface area contributed by atoms with Gasteiger partial charge in [0, 0.05) is 16.5 Å². The Morgan fingerprint density at radius 1 is 0.966 bits per heavy atom. The number of carboxylic acids is 1. The molecule has 6 heteroatoms. The van der Waals surface area contributed by atoms with E-state index in [4.69, 9.17) is 4.74 Å². The number of ether oxygens (including phenoxy) is 1. The molecule has 0 amide bonds. The summed E-state index contributed by atoms with van der Waals surface area (Å²) < 4.78 is 19.5. The van der Waals surface area contributed by atoms with Gasteiger partial charge < -0.3 is 14.6 Å². The second-order valence-electron chi connectivity index (χ2n) is 6.36. The van der Waals surface area contributed by atoms with Gasteiger partial charge in [0.2, 0.25) is 5.88 Å². The molecule has 0 aliphatic rings. The van der Waals surface area contributed by atoms with Crippen molar-refractivity contribution in [2.75, 3.05) is 0 Å². The minimum Gasteiger partial charge on any atom is -0.545 e. The van der Waals surface area contributed by atoms with E-state index in [-0.39, 0.29) is 52.0 Å². The summed E-state index contributed by atoms with van der Waals surface area (Å²) in [5, 5.41) is 11.9. The predicted molar refractivity (Wildman–Crippen MR) is 103 cm³/mol. The fraction of sp³-hybridized carbons (Fsp3) is 0.0435. The van der Waals surface area contributed by atoms with Gasteiger partial charge in [0.15, 0.2) is 0 Å². The maximum absolute atomic E-state index is 13.6. The van der Waals surface area contributed by atoms with Crippen molar-refractivity contribution >= 4 is 16.9 Å². The number of nitrogens with zero attached hydrogens (tertiary/aromatic N) is 1. The van der Waals surface area contributed by atoms with E-state index < -0.39 is 11.8 Å². The summed E-state index contributed by atoms with van der Waals surface area (Å²) in [7, 11) is 0. The molecule has 0 spiro atoms. The number of pyridine rings is 1. The Bertz CT molecular complexity index is 1200. The summed E-state index contributed by atoms with van der Waals surface area (Å²) in [4.78, 5) is 16.1. The van der Waals surface area contributed by atoms with Gasteiger partial charge >= 0.3 is 29.6 Å². The van der Waals surface area contributed by atoms with E-state index in [9.17, 15) is 14.3 Å². The number of hydrogen-bond acceptors (Lipinski definition) is 4. The zero-order valence-corrected chi connectivity index (χ0v) is 18.0. The number of carbonyl (C=O) groups is 1. The number of halogens is 1. The van der Waals surface area contributed by atoms with E-state index in [1.807, 2.05) is 48.5 Å². The fourth-order valence-electron chi connectivity index (χ4n) is 3.15. The van der Waals surface area contributed by atoms with Crippen molar-refractivity contribution in [3.63, 3.8) is 0 Å². The maximum atomic E-state index is 13.6. The summed E-state index contributed by atoms with van der Waals surface area (Å²) in [5.74, 6) is -1.29. The fourth-order valence-corrected chi connectivity index (χ4v) is 3.15. The third-order valence-corrected chi connectivity index (χ3v) is 4.51. The number of benzene rings is 3. The monoisotopic (exact) mass is 395 g/mol. The molecule has 0 fully saturated rings. The first-order chi connectivity index (χ1) is 13.5. The van der Waals surface area contributed by atoms with Crippen LogP contribution in [0.25, 0.3) is 22.0 Å². The molecule has 29 heavy (non-hydrogen) atoms. The number of carbonyl (C=O) groups excluding carboxylic acids is 1. The molecule has 0 atom stereocenters. The van der Waals surface area contributed by atoms with Crippen LogP contribution in [-0.4, -0.2) is 11.0 Å². The molecule has 0 radical (unpaired) electrons. The third kappa shape index (κ3) is 4.32. The van der Waals surface area contributed by atoms with Gasteiger partial charge in [-0.2, -0.15) is 0 Å². The molecule has 1 aromatic heterocycles. The molecule has 1 heterocycles. The van der Waals surface area contributed by atoms with Crippen LogP contribution >= 0.6 is 0 Å². The number of hydrogen-bond donors (Lipinski definition) is 0. The van der Waals surface area contributed by atoms with Crippen LogP contribution < -0.4 is 39.4 Å². The average Bonchev–Trinajstić information content (AvgIpc) is 2.69. The van der Waals surface area contributed by atoms with Gasteiger partial charge in [-0.05, 0) is 48.4 Å². The van der Waals surface area contributed by atoms with E-state index in [0.717, 1.165) is 17.2 Å². The molecule has 0 saturated heterocycles. The van der Waals surface area contributed by atoms with Crippen LogP contribution in [0.1, 0.15) is 15.9 Å². The second kappa shape index (κ2) is 8.74. The quantitative estimate of drug-likeness (QED) is 0.492. The molecule has 4 rings (SSSR count). The second-order valence-corrected chi connectivity index (χ2v) is 6.36. The Labute approximate surface area is 189 Å². The van der Waals surface area contributed by atoms with Crippen LogP contribution in [0, 0.1) is 12.7 Å². The van der Waals surface area contributed by atoms with Crippen molar-refractivity contribution in [3.05, 3.63) is 89.7 Å². The molecule has 3 aromatic carbocycles. The van der Waals surface area contributed by atoms with Crippen LogP contribution in [0.4, 0.5) is 4.39 Å². The minimum atomic E-state index is -1.40. The van der Waals surface area contributed by atoms with Gasteiger partial charge in [-0.15, -0.1) is 0 Å². The molecule has 0 unspecified atom stereocenters. The van der Waals surface area contributed by atoms with E-state index in [0.29, 0.717) is 11.3 Å². The Kier molecular flexibility index (Phi) is 6.33. The van der Waals surface area contributed by atoms with Crippen molar-refractivity contribution in [2.24, 2.45) is 0 Å². The van der Waals surface area contributed by atoms with Crippen molar-refractivity contribution in [1.29, 1.82) is 0 Å². The zero-order valence-electron chi connectivity index (χ0n) is 16.0. The standard InChI is InChI=1S/C23H16FNO3.Na/c1-14-21(23(26)27)19-13-17(24)10-11-20(19)25-22(14)28-18-9-5-8-16(12-18)15-6-3-2-4-7-15;/h2-13H,1H3,(H,26,27);/q;+1/p-1. The summed E-state index contributed by atoms with van der Waals surface area (Å²) in [5.41, 5.74) is 2.46. The van der Waals surface area contributed by atoms with Crippen molar-refractivity contribution in [2.45, 2.75) is 6.92 Å². The molecule has 138 valence electrons. The van der Waals surface area contributed by atoms with Crippen molar-refractivity contribution in [1.82, 2.24) is 4.98 Å². The molecule has 0 saturated carbocycles. The first-order valence-corrected chi connectivity index (χ1v) is 8.67. The van der Waals surface area contributed by atoms with Gasteiger partial charge in [0.25, 0.3) is 0 Å². The van der Waals surface area contributed by atoms with Crippen molar-refractivity contribution < 1.29 is 48.6 Å². The van der Waals surface area contributed by atoms with Gasteiger partial charge in [0.1, 0.15) is 11.6 Å². The normalized spacial score (nSPS) is 10.4. The Balaban J connectivity index is 0.00000240. The van der Waals surface area contributed by atoms with Crippen molar-refractivity contribution in [3.8, 4) is 22.8 Å². The first-order valence-electron chi connectivity index (χ1n) is 8.67. The van der Waals surface area contributed by atoms with Crippen LogP contribution in [0.3, 0.4) is 0 Å². The SMILES string of the molecule is Cc1c(Oc2cccc(-c3ccccc3)c2)nc2ccc(F)cc2c1C(=O)[O-].[Na+]. The average molecular weight is 395 g/mol. The first kappa shape index (κ1) is 21.0. The molecule has 0 aliphatic carbocycles. The van der Waals surface area contributed by atoms with Crippen LogP contribution in [0.5, 0.6) is 11.6 Å². The summed E-state index contributed by atoms with van der Waals surface area (Å²) in [6, 6.07) is 21.0. The zero-order chi connectivity index (χ0) is 19.7. The molecular weight excluding hydrogens is 380 g/mol. The number of rotatable bonds is 4. The molecule has 0 N–H and O–H groups in total. The molecule has 0 aliphatic heterocycles. The Morgan fingerprint density at radius 3 is 2.41 bits per heavy atom. The molecule has 4 aromatic rings. The summed E-state index contributed by atoms with van der Waals surface area (Å²) in [6.07, 6.45) is 0. The number of aromatic carboxylic acids is 1. The summed E-state index contributed by atoms with van der Waals surface area (Å²) >= 11 is 0. The number of fused-ring (bicyclic) bond motifs is 1. The third-order valence-electron chi connectivity index (χ3n) is 4.51. The smallest absolute Gasteiger partial charge is 0.545 e. The van der Waals surface area contributed by atoms with Crippen LogP contribution in [0.2, 0.25) is 0 Å². The van der Waals surface area contributed by atoms with Crippen LogP contribution in [0.15, 0.2) is 72.8 Å². The molecule has 4 nitrogen and oxygen atoms in total. The predicted octanol–water partition coefficient (Wildman–Crippen LogP) is 1.51. The Morgan fingerprint density at radius 2 is 1.69 bits per heavy atom. The summed E-state index contributed by atoms with van der Waals surface area (Å²) in [6.45, 7) is 1.57. The molecule has 0 bridgehead atoms. The van der Waals surface area contributed by atoms with Gasteiger partial charge in [-0.25, -0.2) is 9.37 Å². The minimum absolute atomic E-state index is 0.